The molecule has 2 aliphatic rings. The van der Waals surface area contributed by atoms with Crippen LogP contribution in [0.4, 0.5) is 22.7 Å². The van der Waals surface area contributed by atoms with Crippen molar-refractivity contribution in [1.29, 1.82) is 0 Å². The van der Waals surface area contributed by atoms with Gasteiger partial charge in [0.1, 0.15) is 11.4 Å². The maximum atomic E-state index is 6.80. The van der Waals surface area contributed by atoms with Gasteiger partial charge in [-0.05, 0) is 61.8 Å². The van der Waals surface area contributed by atoms with Gasteiger partial charge in [0.05, 0.1) is 0 Å². The van der Waals surface area contributed by atoms with Crippen LogP contribution < -0.4 is 58.6 Å². The van der Waals surface area contributed by atoms with Crippen molar-refractivity contribution < 1.29 is 62.7 Å². The van der Waals surface area contributed by atoms with Crippen LogP contribution in [0.2, 0.25) is 26.2 Å². The Balaban J connectivity index is 0.00000171. The third-order valence-corrected chi connectivity index (χ3v) is 16.7. The zero-order chi connectivity index (χ0) is 20.5. The fourth-order valence-electron chi connectivity index (χ4n) is 3.44. The van der Waals surface area contributed by atoms with Crippen LogP contribution in [-0.2, 0) is 4.12 Å². The quantitative estimate of drug-likeness (QED) is 0.202. The van der Waals surface area contributed by atoms with E-state index in [2.05, 4.69) is 73.2 Å². The van der Waals surface area contributed by atoms with Crippen LogP contribution in [0.3, 0.4) is 0 Å². The third kappa shape index (κ3) is 7.63. The zero-order valence-corrected chi connectivity index (χ0v) is 26.0. The van der Waals surface area contributed by atoms with Crippen molar-refractivity contribution in [2.45, 2.75) is 26.2 Å². The Kier molecular flexibility index (Phi) is 10.3. The van der Waals surface area contributed by atoms with Gasteiger partial charge >= 0.3 is 0 Å². The first-order chi connectivity index (χ1) is 13.8. The zero-order valence-electron chi connectivity index (χ0n) is 18.1. The molecule has 0 fully saturated rings. The molecule has 0 spiro atoms. The molecule has 168 valence electrons. The summed E-state index contributed by atoms with van der Waals surface area (Å²) in [4.78, 5) is 9.48. The van der Waals surface area contributed by atoms with Crippen molar-refractivity contribution >= 4 is 73.2 Å². The fourth-order valence-corrected chi connectivity index (χ4v) is 15.7. The summed E-state index contributed by atoms with van der Waals surface area (Å²) >= 11 is 3.68. The smallest absolute Gasteiger partial charge is 0.266 e. The molecule has 0 unspecified atom stereocenters. The van der Waals surface area contributed by atoms with Crippen molar-refractivity contribution in [3.63, 3.8) is 0 Å². The molecular weight excluding hydrogens is 686 g/mol. The highest BCUT2D eigenvalue weighted by molar-refractivity contribution is 8.15. The molecule has 0 saturated heterocycles. The number of halogens is 2. The van der Waals surface area contributed by atoms with E-state index in [1.807, 2.05) is 35.7 Å². The van der Waals surface area contributed by atoms with E-state index in [0.29, 0.717) is 0 Å². The van der Waals surface area contributed by atoms with Gasteiger partial charge in [0.2, 0.25) is 0 Å². The Labute approximate surface area is 229 Å². The average Bonchev–Trinajstić information content (AvgIpc) is 3.27. The number of nitrogens with two attached hydrogens (primary N) is 2. The summed E-state index contributed by atoms with van der Waals surface area (Å²) in [7, 11) is -3.58. The highest BCUT2D eigenvalue weighted by atomic mass is 127. The predicted molar refractivity (Wildman–Crippen MR) is 131 cm³/mol. The van der Waals surface area contributed by atoms with Crippen LogP contribution in [-0.4, -0.2) is 37.7 Å². The Bertz CT molecular complexity index is 912. The third-order valence-electron chi connectivity index (χ3n) is 4.58. The van der Waals surface area contributed by atoms with E-state index >= 15 is 0 Å². The maximum Gasteiger partial charge on any atom is 0.266 e. The van der Waals surface area contributed by atoms with Gasteiger partial charge in [-0.25, -0.2) is 0 Å². The van der Waals surface area contributed by atoms with Gasteiger partial charge in [-0.1, -0.05) is 24.3 Å². The van der Waals surface area contributed by atoms with E-state index in [1.165, 1.54) is 11.4 Å². The van der Waals surface area contributed by atoms with Crippen LogP contribution in [0.1, 0.15) is 0 Å². The first-order valence-corrected chi connectivity index (χ1v) is 18.0. The monoisotopic (exact) mass is 714 g/mol. The van der Waals surface area contributed by atoms with E-state index in [-0.39, 0.29) is 48.0 Å². The number of quaternary nitrogens is 2. The summed E-state index contributed by atoms with van der Waals surface area (Å²) in [5.74, 6) is 0. The topological polar surface area (TPSA) is 67.2 Å². The first kappa shape index (κ1) is 27.5. The van der Waals surface area contributed by atoms with Crippen molar-refractivity contribution in [2.75, 3.05) is 10.8 Å². The van der Waals surface area contributed by atoms with E-state index in [9.17, 15) is 0 Å². The van der Waals surface area contributed by atoms with Crippen LogP contribution in [0.25, 0.3) is 0 Å². The SMILES string of the molecule is C[Si](C)(CSC1=Nc2ccccc2[NH2+]1)O[Si](C)(C)CSC1=Nc2ccccc2[NH2+]1.[I-].[I-]. The lowest BCUT2D eigenvalue weighted by molar-refractivity contribution is -0.432. The number of amidine groups is 2. The van der Waals surface area contributed by atoms with Crippen LogP contribution in [0, 0.1) is 0 Å². The molecule has 0 radical (unpaired) electrons. The number of hydrogen-bond acceptors (Lipinski definition) is 5. The Morgan fingerprint density at radius 2 is 1.10 bits per heavy atom. The van der Waals surface area contributed by atoms with Crippen LogP contribution in [0.15, 0.2) is 58.5 Å². The highest BCUT2D eigenvalue weighted by Gasteiger charge is 2.35. The molecule has 2 aromatic rings. The van der Waals surface area contributed by atoms with E-state index in [4.69, 9.17) is 14.1 Å². The lowest BCUT2D eigenvalue weighted by Crippen LogP contribution is -3.00. The van der Waals surface area contributed by atoms with Gasteiger partial charge in [-0.15, -0.1) is 0 Å². The molecule has 2 aromatic carbocycles. The second-order valence-corrected chi connectivity index (χ2v) is 20.1. The number of para-hydroxylation sites is 4. The highest BCUT2D eigenvalue weighted by Crippen LogP contribution is 2.29. The summed E-state index contributed by atoms with van der Waals surface area (Å²) in [5.41, 5.74) is 4.60. The van der Waals surface area contributed by atoms with Crippen molar-refractivity contribution in [3.05, 3.63) is 48.5 Å². The molecule has 0 saturated carbocycles. The number of rotatable bonds is 6. The Morgan fingerprint density at radius 3 is 1.48 bits per heavy atom. The maximum absolute atomic E-state index is 6.80. The fraction of sp³-hybridized carbons (Fsp3) is 0.300. The number of aliphatic imine (C=N–C) groups is 2. The standard InChI is InChI=1S/C20H26N4OS2Si2.2HI/c1-28(2,13-26-19-21-15-9-5-6-10-16(15)22-19)25-29(3,4)14-27-20-23-17-11-7-8-12-18(17)24-20;;/h5-12H,13-14H2,1-4H3,(H,21,22)(H,23,24);2*1H. The van der Waals surface area contributed by atoms with Gasteiger partial charge in [0, 0.05) is 22.9 Å². The number of nitrogens with zero attached hydrogens (tertiary/aromatic N) is 2. The molecular formula is C20H28I2N4OS2Si2. The van der Waals surface area contributed by atoms with Gasteiger partial charge in [-0.2, -0.15) is 9.98 Å². The minimum Gasteiger partial charge on any atom is -1.00 e. The van der Waals surface area contributed by atoms with Gasteiger partial charge in [0.25, 0.3) is 10.3 Å². The molecule has 0 atom stereocenters. The van der Waals surface area contributed by atoms with Crippen LogP contribution >= 0.6 is 23.5 Å². The average molecular weight is 715 g/mol. The molecule has 2 aliphatic heterocycles. The van der Waals surface area contributed by atoms with Crippen molar-refractivity contribution in [3.8, 4) is 0 Å². The van der Waals surface area contributed by atoms with Gasteiger partial charge in [0.15, 0.2) is 28.0 Å². The molecule has 0 aliphatic carbocycles. The predicted octanol–water partition coefficient (Wildman–Crippen LogP) is -2.24. The second kappa shape index (κ2) is 11.6. The van der Waals surface area contributed by atoms with E-state index < -0.39 is 16.6 Å². The van der Waals surface area contributed by atoms with Gasteiger partial charge in [-0.3, -0.25) is 10.6 Å². The summed E-state index contributed by atoms with van der Waals surface area (Å²) in [6, 6.07) is 16.6. The summed E-state index contributed by atoms with van der Waals surface area (Å²) in [5, 5.41) is 8.64. The second-order valence-electron chi connectivity index (χ2n) is 8.51. The normalized spacial score (nSPS) is 14.7. The lowest BCUT2D eigenvalue weighted by Gasteiger charge is -2.33. The molecule has 0 amide bonds. The molecule has 31 heavy (non-hydrogen) atoms. The lowest BCUT2D eigenvalue weighted by atomic mass is 10.3. The molecule has 11 heteroatoms. The minimum absolute atomic E-state index is 0. The molecule has 4 rings (SSSR count). The summed E-state index contributed by atoms with van der Waals surface area (Å²) in [6.45, 7) is 9.32. The molecule has 2 heterocycles. The number of hydrogen-bond donors (Lipinski definition) is 2. The van der Waals surface area contributed by atoms with Gasteiger partial charge < -0.3 is 52.1 Å². The minimum atomic E-state index is -1.79. The molecule has 0 bridgehead atoms. The van der Waals surface area contributed by atoms with Crippen molar-refractivity contribution in [2.24, 2.45) is 9.98 Å². The molecule has 0 aromatic heterocycles. The van der Waals surface area contributed by atoms with E-state index in [1.54, 1.807) is 0 Å². The number of fused-ring (bicyclic) bond motifs is 2. The van der Waals surface area contributed by atoms with Crippen molar-refractivity contribution in [1.82, 2.24) is 0 Å². The first-order valence-electron chi connectivity index (χ1n) is 9.80. The summed E-state index contributed by atoms with van der Waals surface area (Å²) in [6.07, 6.45) is 0. The Morgan fingerprint density at radius 1 is 0.710 bits per heavy atom. The number of benzene rings is 2. The molecule has 4 N–H and O–H groups in total. The summed E-state index contributed by atoms with van der Waals surface area (Å²) < 4.78 is 6.80. The van der Waals surface area contributed by atoms with Crippen LogP contribution in [0.5, 0.6) is 0 Å². The largest absolute Gasteiger partial charge is 1.00 e. The molecule has 5 nitrogen and oxygen atoms in total. The Hall–Kier alpha value is 0.254. The number of thioether (sulfide) groups is 2. The van der Waals surface area contributed by atoms with E-state index in [0.717, 1.165) is 32.5 Å².